The topological polar surface area (TPSA) is 38.3 Å². The minimum atomic E-state index is -0.728. The van der Waals surface area contributed by atoms with Gasteiger partial charge in [0.15, 0.2) is 0 Å². The van der Waals surface area contributed by atoms with Crippen LogP contribution in [-0.2, 0) is 15.1 Å². The molecule has 1 rings (SSSR count). The van der Waals surface area contributed by atoms with Crippen LogP contribution in [0.1, 0.15) is 32.3 Å². The second-order valence-corrected chi connectivity index (χ2v) is 6.03. The molecule has 1 atom stereocenters. The highest BCUT2D eigenvalue weighted by atomic mass is 32.2. The van der Waals surface area contributed by atoms with Gasteiger partial charge in [-0.25, -0.2) is 4.79 Å². The summed E-state index contributed by atoms with van der Waals surface area (Å²) in [6.45, 7) is 5.02. The van der Waals surface area contributed by atoms with E-state index in [1.165, 1.54) is 7.11 Å². The molecular formula is C16H25NO2S. The van der Waals surface area contributed by atoms with Crippen LogP contribution in [0.4, 0.5) is 0 Å². The summed E-state index contributed by atoms with van der Waals surface area (Å²) in [4.78, 5) is 12.4. The van der Waals surface area contributed by atoms with E-state index in [2.05, 4.69) is 19.2 Å². The van der Waals surface area contributed by atoms with Crippen molar-refractivity contribution in [1.29, 1.82) is 0 Å². The van der Waals surface area contributed by atoms with Gasteiger partial charge in [0.25, 0.3) is 0 Å². The third-order valence-electron chi connectivity index (χ3n) is 3.30. The Morgan fingerprint density at radius 3 is 2.55 bits per heavy atom. The maximum absolute atomic E-state index is 12.4. The van der Waals surface area contributed by atoms with E-state index in [4.69, 9.17) is 4.74 Å². The lowest BCUT2D eigenvalue weighted by atomic mass is 9.87. The van der Waals surface area contributed by atoms with Crippen LogP contribution in [0.5, 0.6) is 0 Å². The van der Waals surface area contributed by atoms with E-state index in [1.807, 2.05) is 42.1 Å². The Kier molecular flexibility index (Phi) is 7.70. The molecule has 1 N–H and O–H groups in total. The van der Waals surface area contributed by atoms with Gasteiger partial charge in [0.2, 0.25) is 0 Å². The van der Waals surface area contributed by atoms with Crippen LogP contribution in [0.3, 0.4) is 0 Å². The molecule has 0 spiro atoms. The predicted octanol–water partition coefficient (Wildman–Crippen LogP) is 3.20. The van der Waals surface area contributed by atoms with E-state index >= 15 is 0 Å². The third kappa shape index (κ3) is 4.25. The molecule has 1 unspecified atom stereocenters. The van der Waals surface area contributed by atoms with Gasteiger partial charge in [0, 0.05) is 0 Å². The normalized spacial score (nSPS) is 13.8. The standard InChI is InChI=1S/C16H25NO2S/c1-4-12-17-16(15(18)19-3,11-13-20-5-2)14-9-7-6-8-10-14/h6-10,17H,4-5,11-13H2,1-3H3. The lowest BCUT2D eigenvalue weighted by Gasteiger charge is -2.32. The molecule has 0 aliphatic heterocycles. The number of ether oxygens (including phenoxy) is 1. The quantitative estimate of drug-likeness (QED) is 0.561. The molecule has 20 heavy (non-hydrogen) atoms. The summed E-state index contributed by atoms with van der Waals surface area (Å²) in [5, 5.41) is 3.42. The molecule has 0 aliphatic carbocycles. The Bertz CT molecular complexity index is 397. The van der Waals surface area contributed by atoms with E-state index < -0.39 is 5.54 Å². The van der Waals surface area contributed by atoms with Crippen molar-refractivity contribution in [3.05, 3.63) is 35.9 Å². The summed E-state index contributed by atoms with van der Waals surface area (Å²) in [5.41, 5.74) is 0.255. The maximum atomic E-state index is 12.4. The Balaban J connectivity index is 3.07. The van der Waals surface area contributed by atoms with Crippen molar-refractivity contribution >= 4 is 17.7 Å². The van der Waals surface area contributed by atoms with E-state index in [-0.39, 0.29) is 5.97 Å². The molecule has 0 heterocycles. The van der Waals surface area contributed by atoms with Crippen molar-refractivity contribution in [3.63, 3.8) is 0 Å². The highest BCUT2D eigenvalue weighted by Crippen LogP contribution is 2.28. The Labute approximate surface area is 126 Å². The number of hydrogen-bond acceptors (Lipinski definition) is 4. The first-order chi connectivity index (χ1) is 9.71. The number of carbonyl (C=O) groups is 1. The molecule has 0 aromatic heterocycles. The van der Waals surface area contributed by atoms with Gasteiger partial charge < -0.3 is 4.74 Å². The molecule has 0 fully saturated rings. The van der Waals surface area contributed by atoms with Gasteiger partial charge in [-0.15, -0.1) is 0 Å². The number of hydrogen-bond donors (Lipinski definition) is 1. The van der Waals surface area contributed by atoms with E-state index in [0.29, 0.717) is 0 Å². The Hall–Kier alpha value is -1.00. The number of benzene rings is 1. The SMILES string of the molecule is CCCNC(CCSCC)(C(=O)OC)c1ccccc1. The molecule has 4 heteroatoms. The molecular weight excluding hydrogens is 270 g/mol. The number of methoxy groups -OCH3 is 1. The van der Waals surface area contributed by atoms with Crippen LogP contribution in [-0.4, -0.2) is 31.1 Å². The summed E-state index contributed by atoms with van der Waals surface area (Å²) in [5.74, 6) is 1.78. The first-order valence-corrected chi connectivity index (χ1v) is 8.33. The molecule has 0 saturated heterocycles. The van der Waals surface area contributed by atoms with Gasteiger partial charge in [-0.05, 0) is 36.5 Å². The lowest BCUT2D eigenvalue weighted by molar-refractivity contribution is -0.149. The summed E-state index contributed by atoms with van der Waals surface area (Å²) in [6.07, 6.45) is 1.72. The van der Waals surface area contributed by atoms with Crippen LogP contribution in [0.2, 0.25) is 0 Å². The minimum absolute atomic E-state index is 0.200. The zero-order valence-corrected chi connectivity index (χ0v) is 13.5. The fourth-order valence-corrected chi connectivity index (χ4v) is 2.97. The minimum Gasteiger partial charge on any atom is -0.467 e. The van der Waals surface area contributed by atoms with Crippen LogP contribution < -0.4 is 5.32 Å². The fraction of sp³-hybridized carbons (Fsp3) is 0.562. The Morgan fingerprint density at radius 2 is 2.00 bits per heavy atom. The molecule has 1 aromatic carbocycles. The maximum Gasteiger partial charge on any atom is 0.330 e. The van der Waals surface area contributed by atoms with Crippen molar-refractivity contribution in [2.75, 3.05) is 25.2 Å². The molecule has 0 aliphatic rings. The van der Waals surface area contributed by atoms with Crippen molar-refractivity contribution in [1.82, 2.24) is 5.32 Å². The lowest BCUT2D eigenvalue weighted by Crippen LogP contribution is -2.50. The van der Waals surface area contributed by atoms with Gasteiger partial charge in [0.1, 0.15) is 5.54 Å². The van der Waals surface area contributed by atoms with E-state index in [1.54, 1.807) is 0 Å². The molecule has 0 saturated carbocycles. The predicted molar refractivity (Wildman–Crippen MR) is 86.0 cm³/mol. The largest absolute Gasteiger partial charge is 0.467 e. The van der Waals surface area contributed by atoms with Crippen molar-refractivity contribution in [2.24, 2.45) is 0 Å². The van der Waals surface area contributed by atoms with Crippen molar-refractivity contribution in [2.45, 2.75) is 32.2 Å². The molecule has 112 valence electrons. The van der Waals surface area contributed by atoms with Gasteiger partial charge in [-0.1, -0.05) is 44.2 Å². The van der Waals surface area contributed by atoms with E-state index in [9.17, 15) is 4.79 Å². The van der Waals surface area contributed by atoms with E-state index in [0.717, 1.165) is 36.5 Å². The molecule has 1 aromatic rings. The van der Waals surface area contributed by atoms with Crippen LogP contribution in [0, 0.1) is 0 Å². The number of rotatable bonds is 9. The second kappa shape index (κ2) is 9.03. The average Bonchev–Trinajstić information content (AvgIpc) is 2.51. The molecule has 0 bridgehead atoms. The summed E-state index contributed by atoms with van der Waals surface area (Å²) in [6, 6.07) is 9.89. The first-order valence-electron chi connectivity index (χ1n) is 7.18. The summed E-state index contributed by atoms with van der Waals surface area (Å²) >= 11 is 1.84. The third-order valence-corrected chi connectivity index (χ3v) is 4.20. The fourth-order valence-electron chi connectivity index (χ4n) is 2.23. The van der Waals surface area contributed by atoms with Crippen LogP contribution >= 0.6 is 11.8 Å². The van der Waals surface area contributed by atoms with Crippen molar-refractivity contribution < 1.29 is 9.53 Å². The first kappa shape index (κ1) is 17.1. The summed E-state index contributed by atoms with van der Waals surface area (Å²) < 4.78 is 5.09. The van der Waals surface area contributed by atoms with Crippen molar-refractivity contribution in [3.8, 4) is 0 Å². The number of thioether (sulfide) groups is 1. The molecule has 0 radical (unpaired) electrons. The Morgan fingerprint density at radius 1 is 1.30 bits per heavy atom. The second-order valence-electron chi connectivity index (χ2n) is 4.64. The highest BCUT2D eigenvalue weighted by Gasteiger charge is 2.40. The average molecular weight is 295 g/mol. The highest BCUT2D eigenvalue weighted by molar-refractivity contribution is 7.99. The van der Waals surface area contributed by atoms with Crippen LogP contribution in [0.25, 0.3) is 0 Å². The van der Waals surface area contributed by atoms with Crippen LogP contribution in [0.15, 0.2) is 30.3 Å². The monoisotopic (exact) mass is 295 g/mol. The number of esters is 1. The molecule has 0 amide bonds. The van der Waals surface area contributed by atoms with Gasteiger partial charge in [0.05, 0.1) is 7.11 Å². The van der Waals surface area contributed by atoms with Gasteiger partial charge >= 0.3 is 5.97 Å². The zero-order valence-electron chi connectivity index (χ0n) is 12.6. The van der Waals surface area contributed by atoms with Gasteiger partial charge in [-0.2, -0.15) is 11.8 Å². The number of nitrogens with one attached hydrogen (secondary N) is 1. The number of carbonyl (C=O) groups excluding carboxylic acids is 1. The molecule has 3 nitrogen and oxygen atoms in total. The zero-order chi connectivity index (χ0) is 14.8. The van der Waals surface area contributed by atoms with Gasteiger partial charge in [-0.3, -0.25) is 5.32 Å². The smallest absolute Gasteiger partial charge is 0.330 e. The summed E-state index contributed by atoms with van der Waals surface area (Å²) in [7, 11) is 1.46.